The number of carbonyl (C=O) groups is 2. The van der Waals surface area contributed by atoms with Gasteiger partial charge in [0.2, 0.25) is 11.8 Å². The van der Waals surface area contributed by atoms with E-state index in [1.165, 1.54) is 29.8 Å². The number of amides is 2. The second-order valence-electron chi connectivity index (χ2n) is 7.26. The summed E-state index contributed by atoms with van der Waals surface area (Å²) in [5, 5.41) is 4.62. The van der Waals surface area contributed by atoms with E-state index in [1.54, 1.807) is 28.8 Å². The van der Waals surface area contributed by atoms with Crippen LogP contribution in [0.1, 0.15) is 40.1 Å². The number of fused-ring (bicyclic) bond motifs is 1. The molecule has 0 spiro atoms. The Balaban J connectivity index is 1.49. The molecule has 0 bridgehead atoms. The molecule has 4 rings (SSSR count). The minimum absolute atomic E-state index is 0.0702. The zero-order valence-electron chi connectivity index (χ0n) is 17.3. The van der Waals surface area contributed by atoms with E-state index in [0.717, 1.165) is 0 Å². The minimum Gasteiger partial charge on any atom is -0.471 e. The van der Waals surface area contributed by atoms with Crippen molar-refractivity contribution in [3.63, 3.8) is 0 Å². The van der Waals surface area contributed by atoms with Crippen LogP contribution >= 0.6 is 22.9 Å². The van der Waals surface area contributed by atoms with Crippen molar-refractivity contribution in [1.29, 1.82) is 0 Å². The number of thiazole rings is 1. The molecule has 4 heterocycles. The predicted octanol–water partition coefficient (Wildman–Crippen LogP) is 4.13. The summed E-state index contributed by atoms with van der Waals surface area (Å²) in [7, 11) is 0. The van der Waals surface area contributed by atoms with E-state index in [0.29, 0.717) is 28.2 Å². The molecule has 33 heavy (non-hydrogen) atoms. The van der Waals surface area contributed by atoms with E-state index in [1.807, 2.05) is 0 Å². The first kappa shape index (κ1) is 23.0. The van der Waals surface area contributed by atoms with Gasteiger partial charge < -0.3 is 15.0 Å². The lowest BCUT2D eigenvalue weighted by Gasteiger charge is -2.24. The Morgan fingerprint density at radius 2 is 2.18 bits per heavy atom. The van der Waals surface area contributed by atoms with Gasteiger partial charge in [0.05, 0.1) is 30.2 Å². The van der Waals surface area contributed by atoms with Crippen LogP contribution in [0.4, 0.5) is 14.6 Å². The van der Waals surface area contributed by atoms with Crippen LogP contribution in [-0.2, 0) is 17.8 Å². The highest BCUT2D eigenvalue weighted by Gasteiger charge is 2.34. The maximum absolute atomic E-state index is 13.1. The summed E-state index contributed by atoms with van der Waals surface area (Å²) in [5.41, 5.74) is 3.96. The van der Waals surface area contributed by atoms with Crippen LogP contribution in [0, 0.1) is 0 Å². The first-order valence-electron chi connectivity index (χ1n) is 9.85. The number of halogens is 3. The number of pyridine rings is 2. The molecule has 1 atom stereocenters. The van der Waals surface area contributed by atoms with E-state index in [4.69, 9.17) is 16.3 Å². The van der Waals surface area contributed by atoms with Crippen LogP contribution in [0.2, 0.25) is 5.02 Å². The zero-order valence-corrected chi connectivity index (χ0v) is 18.9. The molecular formula is C21H18ClF2N5O3S. The van der Waals surface area contributed by atoms with Gasteiger partial charge in [-0.3, -0.25) is 9.59 Å². The van der Waals surface area contributed by atoms with Crippen molar-refractivity contribution in [2.24, 2.45) is 0 Å². The Hall–Kier alpha value is -3.18. The van der Waals surface area contributed by atoms with Gasteiger partial charge in [0.1, 0.15) is 10.8 Å². The summed E-state index contributed by atoms with van der Waals surface area (Å²) in [6.45, 7) is 1.20. The highest BCUT2D eigenvalue weighted by Crippen LogP contribution is 2.35. The van der Waals surface area contributed by atoms with Gasteiger partial charge in [-0.05, 0) is 24.6 Å². The Morgan fingerprint density at radius 3 is 2.88 bits per heavy atom. The molecule has 0 saturated carbocycles. The SMILES string of the molecule is CC(c1cnc(OCC(F)F)c(Cl)c1)N1Cc2c(ccnc2NC(=O)Cc2cscn2)C1=O. The lowest BCUT2D eigenvalue weighted by atomic mass is 10.1. The van der Waals surface area contributed by atoms with Crippen molar-refractivity contribution < 1.29 is 23.1 Å². The second-order valence-corrected chi connectivity index (χ2v) is 8.38. The molecule has 0 radical (unpaired) electrons. The molecule has 0 aromatic carbocycles. The molecule has 8 nitrogen and oxygen atoms in total. The number of rotatable bonds is 8. The summed E-state index contributed by atoms with van der Waals surface area (Å²) < 4.78 is 29.6. The molecule has 3 aromatic rings. The number of aromatic nitrogens is 3. The Bertz CT molecular complexity index is 1180. The van der Waals surface area contributed by atoms with Crippen molar-refractivity contribution >= 4 is 40.6 Å². The number of alkyl halides is 2. The fraction of sp³-hybridized carbons (Fsp3) is 0.286. The average Bonchev–Trinajstić information content (AvgIpc) is 3.40. The van der Waals surface area contributed by atoms with E-state index in [9.17, 15) is 18.4 Å². The summed E-state index contributed by atoms with van der Waals surface area (Å²) in [5.74, 6) is -0.291. The van der Waals surface area contributed by atoms with E-state index in [-0.39, 0.29) is 35.7 Å². The number of ether oxygens (including phenoxy) is 1. The van der Waals surface area contributed by atoms with Crippen LogP contribution in [-0.4, -0.2) is 44.7 Å². The van der Waals surface area contributed by atoms with Crippen LogP contribution in [0.3, 0.4) is 0 Å². The fourth-order valence-corrected chi connectivity index (χ4v) is 4.22. The Labute approximate surface area is 196 Å². The third-order valence-corrected chi connectivity index (χ3v) is 5.99. The molecule has 12 heteroatoms. The first-order valence-corrected chi connectivity index (χ1v) is 11.2. The van der Waals surface area contributed by atoms with Crippen LogP contribution < -0.4 is 10.1 Å². The maximum atomic E-state index is 13.1. The van der Waals surface area contributed by atoms with Gasteiger partial charge >= 0.3 is 0 Å². The van der Waals surface area contributed by atoms with Crippen LogP contribution in [0.15, 0.2) is 35.4 Å². The summed E-state index contributed by atoms with van der Waals surface area (Å²) in [6, 6.07) is 2.70. The van der Waals surface area contributed by atoms with Crippen LogP contribution in [0.5, 0.6) is 5.88 Å². The van der Waals surface area contributed by atoms with Gasteiger partial charge in [-0.1, -0.05) is 11.6 Å². The summed E-state index contributed by atoms with van der Waals surface area (Å²) in [4.78, 5) is 39.4. The number of nitrogens with one attached hydrogen (secondary N) is 1. The van der Waals surface area contributed by atoms with Gasteiger partial charge in [-0.15, -0.1) is 11.3 Å². The quantitative estimate of drug-likeness (QED) is 0.507. The monoisotopic (exact) mass is 493 g/mol. The standard InChI is InChI=1S/C21H18ClF2N5O3S/c1-11(12-4-16(22)20(26-6-12)32-8-17(23)24)29-7-15-14(21(29)31)2-3-25-19(15)28-18(30)5-13-9-33-10-27-13/h2-4,6,9-11,17H,5,7-8H2,1H3,(H,25,28,30). The third kappa shape index (κ3) is 5.09. The molecule has 0 aliphatic carbocycles. The number of nitrogens with zero attached hydrogens (tertiary/aromatic N) is 4. The maximum Gasteiger partial charge on any atom is 0.272 e. The Morgan fingerprint density at radius 1 is 1.36 bits per heavy atom. The van der Waals surface area contributed by atoms with E-state index in [2.05, 4.69) is 20.3 Å². The van der Waals surface area contributed by atoms with Gasteiger partial charge in [0, 0.05) is 28.9 Å². The third-order valence-electron chi connectivity index (χ3n) is 5.08. The second kappa shape index (κ2) is 9.75. The summed E-state index contributed by atoms with van der Waals surface area (Å²) >= 11 is 7.53. The lowest BCUT2D eigenvalue weighted by Crippen LogP contribution is -2.27. The molecule has 0 saturated heterocycles. The lowest BCUT2D eigenvalue weighted by molar-refractivity contribution is -0.115. The molecule has 1 aliphatic rings. The van der Waals surface area contributed by atoms with Crippen molar-refractivity contribution in [1.82, 2.24) is 19.9 Å². The largest absolute Gasteiger partial charge is 0.471 e. The molecule has 0 fully saturated rings. The van der Waals surface area contributed by atoms with Gasteiger partial charge in [-0.25, -0.2) is 23.7 Å². The van der Waals surface area contributed by atoms with Crippen molar-refractivity contribution in [3.8, 4) is 5.88 Å². The number of hydrogen-bond donors (Lipinski definition) is 1. The number of carbonyl (C=O) groups excluding carboxylic acids is 2. The normalized spacial score (nSPS) is 13.8. The van der Waals surface area contributed by atoms with Gasteiger partial charge in [0.15, 0.2) is 6.61 Å². The number of anilines is 1. The van der Waals surface area contributed by atoms with Gasteiger partial charge in [0.25, 0.3) is 12.3 Å². The summed E-state index contributed by atoms with van der Waals surface area (Å²) in [6.07, 6.45) is 0.360. The smallest absolute Gasteiger partial charge is 0.272 e. The number of hydrogen-bond acceptors (Lipinski definition) is 7. The molecule has 172 valence electrons. The van der Waals surface area contributed by atoms with Crippen molar-refractivity contribution in [2.75, 3.05) is 11.9 Å². The van der Waals surface area contributed by atoms with E-state index >= 15 is 0 Å². The minimum atomic E-state index is -2.65. The van der Waals surface area contributed by atoms with Crippen molar-refractivity contribution in [3.05, 3.63) is 62.8 Å². The molecule has 1 N–H and O–H groups in total. The highest BCUT2D eigenvalue weighted by molar-refractivity contribution is 7.07. The molecule has 1 aliphatic heterocycles. The van der Waals surface area contributed by atoms with Crippen molar-refractivity contribution in [2.45, 2.75) is 32.4 Å². The van der Waals surface area contributed by atoms with Crippen LogP contribution in [0.25, 0.3) is 0 Å². The molecular weight excluding hydrogens is 476 g/mol. The Kier molecular flexibility index (Phi) is 6.80. The predicted molar refractivity (Wildman–Crippen MR) is 118 cm³/mol. The average molecular weight is 494 g/mol. The molecule has 2 amide bonds. The zero-order chi connectivity index (χ0) is 23.5. The fourth-order valence-electron chi connectivity index (χ4n) is 3.43. The first-order chi connectivity index (χ1) is 15.8. The highest BCUT2D eigenvalue weighted by atomic mass is 35.5. The van der Waals surface area contributed by atoms with Gasteiger partial charge in [-0.2, -0.15) is 0 Å². The molecule has 3 aromatic heterocycles. The molecule has 1 unspecified atom stereocenters. The van der Waals surface area contributed by atoms with E-state index < -0.39 is 19.1 Å². The topological polar surface area (TPSA) is 97.3 Å².